The molecule has 2 nitrogen and oxygen atoms in total. The molecule has 2 unspecified atom stereocenters. The molecule has 2 atom stereocenters. The Bertz CT molecular complexity index is 363. The van der Waals surface area contributed by atoms with E-state index in [4.69, 9.17) is 10.5 Å². The molecule has 0 aromatic heterocycles. The Morgan fingerprint density at radius 2 is 2.24 bits per heavy atom. The molecule has 94 valence electrons. The van der Waals surface area contributed by atoms with E-state index in [1.165, 1.54) is 25.0 Å². The molecule has 1 aliphatic rings. The van der Waals surface area contributed by atoms with E-state index in [9.17, 15) is 4.39 Å². The lowest BCUT2D eigenvalue weighted by Gasteiger charge is -2.22. The molecule has 1 aliphatic carbocycles. The number of rotatable bonds is 6. The molecule has 2 rings (SSSR count). The van der Waals surface area contributed by atoms with E-state index in [0.717, 1.165) is 17.9 Å². The van der Waals surface area contributed by atoms with Crippen molar-refractivity contribution in [1.82, 2.24) is 0 Å². The predicted octanol–water partition coefficient (Wildman–Crippen LogP) is 3.03. The summed E-state index contributed by atoms with van der Waals surface area (Å²) in [5, 5.41) is 0. The van der Waals surface area contributed by atoms with Gasteiger partial charge < -0.3 is 10.5 Å². The third kappa shape index (κ3) is 3.79. The summed E-state index contributed by atoms with van der Waals surface area (Å²) in [4.78, 5) is 0. The Balaban J connectivity index is 1.95. The predicted molar refractivity (Wildman–Crippen MR) is 66.1 cm³/mol. The van der Waals surface area contributed by atoms with Gasteiger partial charge in [-0.1, -0.05) is 25.0 Å². The van der Waals surface area contributed by atoms with Crippen LogP contribution in [-0.4, -0.2) is 12.6 Å². The minimum Gasteiger partial charge on any atom is -0.372 e. The number of hydrogen-bond donors (Lipinski definition) is 1. The first-order chi connectivity index (χ1) is 8.16. The van der Waals surface area contributed by atoms with Gasteiger partial charge in [0.15, 0.2) is 0 Å². The van der Waals surface area contributed by atoms with Crippen molar-refractivity contribution in [2.75, 3.05) is 6.61 Å². The van der Waals surface area contributed by atoms with Crippen molar-refractivity contribution in [3.63, 3.8) is 0 Å². The third-order valence-corrected chi connectivity index (χ3v) is 3.18. The standard InChI is InChI=1S/C14H20FNO/c1-10(16)14(17-8-7-11-5-6-11)12-3-2-4-13(15)9-12/h2-4,9-11,14H,5-8,16H2,1H3. The Labute approximate surface area is 102 Å². The zero-order valence-electron chi connectivity index (χ0n) is 10.2. The Morgan fingerprint density at radius 3 is 2.82 bits per heavy atom. The molecule has 1 saturated carbocycles. The topological polar surface area (TPSA) is 35.2 Å². The van der Waals surface area contributed by atoms with Gasteiger partial charge in [-0.2, -0.15) is 0 Å². The minimum absolute atomic E-state index is 0.129. The molecular weight excluding hydrogens is 217 g/mol. The second kappa shape index (κ2) is 5.61. The molecule has 17 heavy (non-hydrogen) atoms. The fourth-order valence-electron chi connectivity index (χ4n) is 2.00. The van der Waals surface area contributed by atoms with Gasteiger partial charge in [0, 0.05) is 12.6 Å². The maximum Gasteiger partial charge on any atom is 0.123 e. The number of ether oxygens (including phenoxy) is 1. The molecule has 1 aromatic rings. The van der Waals surface area contributed by atoms with Gasteiger partial charge in [-0.15, -0.1) is 0 Å². The fraction of sp³-hybridized carbons (Fsp3) is 0.571. The quantitative estimate of drug-likeness (QED) is 0.825. The lowest BCUT2D eigenvalue weighted by atomic mass is 10.0. The van der Waals surface area contributed by atoms with Crippen molar-refractivity contribution in [3.05, 3.63) is 35.6 Å². The van der Waals surface area contributed by atoms with Gasteiger partial charge in [0.05, 0.1) is 6.10 Å². The third-order valence-electron chi connectivity index (χ3n) is 3.18. The van der Waals surface area contributed by atoms with Crippen molar-refractivity contribution < 1.29 is 9.13 Å². The van der Waals surface area contributed by atoms with Gasteiger partial charge in [0.25, 0.3) is 0 Å². The average Bonchev–Trinajstić information content (AvgIpc) is 3.07. The molecule has 0 heterocycles. The van der Waals surface area contributed by atoms with Crippen LogP contribution in [0.2, 0.25) is 0 Å². The highest BCUT2D eigenvalue weighted by atomic mass is 19.1. The zero-order chi connectivity index (χ0) is 12.3. The van der Waals surface area contributed by atoms with Crippen LogP contribution in [0.4, 0.5) is 4.39 Å². The lowest BCUT2D eigenvalue weighted by molar-refractivity contribution is 0.0345. The molecule has 2 N–H and O–H groups in total. The molecule has 0 amide bonds. The summed E-state index contributed by atoms with van der Waals surface area (Å²) in [5.41, 5.74) is 6.73. The van der Waals surface area contributed by atoms with Gasteiger partial charge in [0.1, 0.15) is 5.82 Å². The number of nitrogens with two attached hydrogens (primary N) is 1. The van der Waals surface area contributed by atoms with Gasteiger partial charge in [-0.25, -0.2) is 4.39 Å². The second-order valence-corrected chi connectivity index (χ2v) is 4.94. The first-order valence-electron chi connectivity index (χ1n) is 6.29. The molecule has 0 saturated heterocycles. The average molecular weight is 237 g/mol. The molecule has 0 aliphatic heterocycles. The maximum absolute atomic E-state index is 13.2. The van der Waals surface area contributed by atoms with Gasteiger partial charge in [-0.05, 0) is 37.0 Å². The van der Waals surface area contributed by atoms with Gasteiger partial charge in [-0.3, -0.25) is 0 Å². The van der Waals surface area contributed by atoms with Crippen molar-refractivity contribution in [1.29, 1.82) is 0 Å². The number of hydrogen-bond acceptors (Lipinski definition) is 2. The molecule has 0 radical (unpaired) electrons. The van der Waals surface area contributed by atoms with Crippen LogP contribution < -0.4 is 5.73 Å². The van der Waals surface area contributed by atoms with Gasteiger partial charge >= 0.3 is 0 Å². The van der Waals surface area contributed by atoms with Crippen LogP contribution in [-0.2, 0) is 4.74 Å². The highest BCUT2D eigenvalue weighted by Crippen LogP contribution is 2.33. The molecule has 1 aromatic carbocycles. The van der Waals surface area contributed by atoms with Crippen LogP contribution in [0.25, 0.3) is 0 Å². The molecule has 0 spiro atoms. The number of benzene rings is 1. The summed E-state index contributed by atoms with van der Waals surface area (Å²) >= 11 is 0. The highest BCUT2D eigenvalue weighted by Gasteiger charge is 2.23. The van der Waals surface area contributed by atoms with Crippen LogP contribution in [0.1, 0.15) is 37.9 Å². The molecule has 1 fully saturated rings. The second-order valence-electron chi connectivity index (χ2n) is 4.94. The smallest absolute Gasteiger partial charge is 0.123 e. The van der Waals surface area contributed by atoms with E-state index < -0.39 is 0 Å². The Kier molecular flexibility index (Phi) is 4.13. The van der Waals surface area contributed by atoms with Crippen molar-refractivity contribution in [2.24, 2.45) is 11.7 Å². The summed E-state index contributed by atoms with van der Waals surface area (Å²) in [6.45, 7) is 2.61. The Morgan fingerprint density at radius 1 is 1.47 bits per heavy atom. The van der Waals surface area contributed by atoms with Gasteiger partial charge in [0.2, 0.25) is 0 Å². The first kappa shape index (κ1) is 12.5. The summed E-state index contributed by atoms with van der Waals surface area (Å²) < 4.78 is 19.0. The van der Waals surface area contributed by atoms with E-state index in [-0.39, 0.29) is 18.0 Å². The summed E-state index contributed by atoms with van der Waals surface area (Å²) in [6.07, 6.45) is 3.54. The van der Waals surface area contributed by atoms with Crippen molar-refractivity contribution in [2.45, 2.75) is 38.3 Å². The summed E-state index contributed by atoms with van der Waals surface area (Å²) in [6, 6.07) is 6.38. The summed E-state index contributed by atoms with van der Waals surface area (Å²) in [7, 11) is 0. The SMILES string of the molecule is CC(N)C(OCCC1CC1)c1cccc(F)c1. The fourth-order valence-corrected chi connectivity index (χ4v) is 2.00. The molecule has 3 heteroatoms. The van der Waals surface area contributed by atoms with Crippen LogP contribution in [0.5, 0.6) is 0 Å². The largest absolute Gasteiger partial charge is 0.372 e. The van der Waals surface area contributed by atoms with E-state index in [0.29, 0.717) is 6.61 Å². The zero-order valence-corrected chi connectivity index (χ0v) is 10.2. The van der Waals surface area contributed by atoms with Crippen molar-refractivity contribution >= 4 is 0 Å². The first-order valence-corrected chi connectivity index (χ1v) is 6.29. The summed E-state index contributed by atoms with van der Waals surface area (Å²) in [5.74, 6) is 0.607. The molecule has 0 bridgehead atoms. The van der Waals surface area contributed by atoms with E-state index in [2.05, 4.69) is 0 Å². The highest BCUT2D eigenvalue weighted by molar-refractivity contribution is 5.20. The number of halogens is 1. The van der Waals surface area contributed by atoms with Crippen LogP contribution in [0.3, 0.4) is 0 Å². The lowest BCUT2D eigenvalue weighted by Crippen LogP contribution is -2.27. The monoisotopic (exact) mass is 237 g/mol. The van der Waals surface area contributed by atoms with Crippen LogP contribution >= 0.6 is 0 Å². The van der Waals surface area contributed by atoms with E-state index >= 15 is 0 Å². The Hall–Kier alpha value is -0.930. The molecular formula is C14H20FNO. The van der Waals surface area contributed by atoms with Crippen LogP contribution in [0, 0.1) is 11.7 Å². The minimum atomic E-state index is -0.237. The van der Waals surface area contributed by atoms with E-state index in [1.807, 2.05) is 13.0 Å². The maximum atomic E-state index is 13.2. The van der Waals surface area contributed by atoms with E-state index in [1.54, 1.807) is 6.07 Å². The van der Waals surface area contributed by atoms with Crippen molar-refractivity contribution in [3.8, 4) is 0 Å². The van der Waals surface area contributed by atoms with Crippen LogP contribution in [0.15, 0.2) is 24.3 Å². The normalized spacial score (nSPS) is 19.0.